The van der Waals surface area contributed by atoms with Gasteiger partial charge in [0, 0.05) is 0 Å². The average molecular weight is 376 g/mol. The first-order chi connectivity index (χ1) is 11.9. The molecule has 0 saturated carbocycles. The van der Waals surface area contributed by atoms with Gasteiger partial charge < -0.3 is 0 Å². The molecule has 0 unspecified atom stereocenters. The zero-order valence-electron chi connectivity index (χ0n) is 12.9. The van der Waals surface area contributed by atoms with E-state index >= 15 is 0 Å². The topological polar surface area (TPSA) is 30.7 Å². The molecule has 0 bridgehead atoms. The summed E-state index contributed by atoms with van der Waals surface area (Å²) in [5, 5.41) is 8.52. The third-order valence-electron chi connectivity index (χ3n) is 3.64. The van der Waals surface area contributed by atoms with Crippen molar-refractivity contribution in [1.29, 1.82) is 0 Å². The summed E-state index contributed by atoms with van der Waals surface area (Å²) in [6.07, 6.45) is 1.96. The van der Waals surface area contributed by atoms with E-state index < -0.39 is 0 Å². The molecule has 0 aliphatic rings. The molecule has 0 fully saturated rings. The van der Waals surface area contributed by atoms with Crippen molar-refractivity contribution >= 4 is 23.9 Å². The second-order valence-electron chi connectivity index (χ2n) is 5.32. The molecule has 3 nitrogen and oxygen atoms in total. The van der Waals surface area contributed by atoms with E-state index in [-0.39, 0.29) is 0 Å². The first-order valence-electron chi connectivity index (χ1n) is 7.70. The van der Waals surface area contributed by atoms with Gasteiger partial charge in [0.05, 0.1) is 0 Å². The summed E-state index contributed by atoms with van der Waals surface area (Å²) < 4.78 is 4.55. The Morgan fingerprint density at radius 1 is 0.667 bits per heavy atom. The molecular weight excluding hydrogens is 361 g/mol. The SMILES string of the molecule is c1ccc([Se]c2ccc(-n3cc(-c4ccccc4)nn3)cc2)cc1. The summed E-state index contributed by atoms with van der Waals surface area (Å²) in [6, 6.07) is 29.2. The third kappa shape index (κ3) is 3.30. The molecule has 0 saturated heterocycles. The van der Waals surface area contributed by atoms with E-state index in [4.69, 9.17) is 0 Å². The summed E-state index contributed by atoms with van der Waals surface area (Å²) in [7, 11) is 0. The first-order valence-corrected chi connectivity index (χ1v) is 9.41. The molecule has 0 spiro atoms. The molecule has 1 heterocycles. The van der Waals surface area contributed by atoms with E-state index in [1.165, 1.54) is 8.92 Å². The molecule has 0 N–H and O–H groups in total. The fourth-order valence-electron chi connectivity index (χ4n) is 2.42. The van der Waals surface area contributed by atoms with Crippen LogP contribution in [0.5, 0.6) is 0 Å². The molecule has 3 aromatic carbocycles. The van der Waals surface area contributed by atoms with Gasteiger partial charge in [-0.15, -0.1) is 0 Å². The summed E-state index contributed by atoms with van der Waals surface area (Å²) in [6.45, 7) is 0. The maximum absolute atomic E-state index is 4.27. The van der Waals surface area contributed by atoms with Gasteiger partial charge in [-0.3, -0.25) is 0 Å². The number of hydrogen-bond donors (Lipinski definition) is 0. The van der Waals surface area contributed by atoms with Crippen LogP contribution in [0.3, 0.4) is 0 Å². The minimum absolute atomic E-state index is 0.331. The third-order valence-corrected chi connectivity index (χ3v) is 5.77. The summed E-state index contributed by atoms with van der Waals surface area (Å²) in [5.74, 6) is 0. The van der Waals surface area contributed by atoms with Crippen molar-refractivity contribution in [2.75, 3.05) is 0 Å². The van der Waals surface area contributed by atoms with Gasteiger partial charge in [-0.2, -0.15) is 0 Å². The van der Waals surface area contributed by atoms with Crippen LogP contribution in [0.2, 0.25) is 0 Å². The average Bonchev–Trinajstić information content (AvgIpc) is 3.14. The fraction of sp³-hybridized carbons (Fsp3) is 0. The number of rotatable bonds is 4. The van der Waals surface area contributed by atoms with E-state index in [0.29, 0.717) is 15.0 Å². The van der Waals surface area contributed by atoms with Crippen molar-refractivity contribution in [2.24, 2.45) is 0 Å². The van der Waals surface area contributed by atoms with Crippen molar-refractivity contribution in [3.63, 3.8) is 0 Å². The van der Waals surface area contributed by atoms with Crippen LogP contribution in [0.1, 0.15) is 0 Å². The van der Waals surface area contributed by atoms with E-state index in [0.717, 1.165) is 16.9 Å². The van der Waals surface area contributed by atoms with Gasteiger partial charge >= 0.3 is 147 Å². The number of nitrogens with zero attached hydrogens (tertiary/aromatic N) is 3. The molecule has 4 rings (SSSR count). The van der Waals surface area contributed by atoms with Crippen LogP contribution in [0.25, 0.3) is 16.9 Å². The first kappa shape index (κ1) is 14.9. The van der Waals surface area contributed by atoms with Crippen LogP contribution in [-0.2, 0) is 0 Å². The Morgan fingerprint density at radius 2 is 1.29 bits per heavy atom. The zero-order chi connectivity index (χ0) is 16.2. The van der Waals surface area contributed by atoms with Gasteiger partial charge in [-0.25, -0.2) is 0 Å². The van der Waals surface area contributed by atoms with Gasteiger partial charge in [0.15, 0.2) is 0 Å². The Hall–Kier alpha value is -2.68. The van der Waals surface area contributed by atoms with Crippen molar-refractivity contribution < 1.29 is 0 Å². The monoisotopic (exact) mass is 377 g/mol. The molecule has 1 aromatic heterocycles. The van der Waals surface area contributed by atoms with Crippen molar-refractivity contribution in [1.82, 2.24) is 15.0 Å². The molecule has 0 atom stereocenters. The molecule has 0 aliphatic heterocycles. The molecule has 0 aliphatic carbocycles. The van der Waals surface area contributed by atoms with Gasteiger partial charge in [0.2, 0.25) is 0 Å². The molecule has 24 heavy (non-hydrogen) atoms. The van der Waals surface area contributed by atoms with Crippen LogP contribution in [0.15, 0.2) is 91.1 Å². The molecule has 0 radical (unpaired) electrons. The predicted molar refractivity (Wildman–Crippen MR) is 98.3 cm³/mol. The molecule has 116 valence electrons. The van der Waals surface area contributed by atoms with Gasteiger partial charge in [0.1, 0.15) is 0 Å². The number of hydrogen-bond acceptors (Lipinski definition) is 2. The van der Waals surface area contributed by atoms with E-state index in [1.54, 1.807) is 0 Å². The normalized spacial score (nSPS) is 10.7. The Balaban J connectivity index is 1.54. The summed E-state index contributed by atoms with van der Waals surface area (Å²) in [4.78, 5) is 0. The standard InChI is InChI=1S/C20H15N3Se/c1-3-7-16(8-4-1)20-15-23(22-21-20)17-11-13-19(14-12-17)24-18-9-5-2-6-10-18/h1-15H. The van der Waals surface area contributed by atoms with Crippen molar-refractivity contribution in [3.05, 3.63) is 91.1 Å². The van der Waals surface area contributed by atoms with Crippen LogP contribution in [-0.4, -0.2) is 30.0 Å². The Bertz CT molecular complexity index is 916. The molecule has 0 amide bonds. The van der Waals surface area contributed by atoms with E-state index in [9.17, 15) is 0 Å². The van der Waals surface area contributed by atoms with E-state index in [2.05, 4.69) is 64.9 Å². The zero-order valence-corrected chi connectivity index (χ0v) is 14.6. The second kappa shape index (κ2) is 6.83. The van der Waals surface area contributed by atoms with Crippen LogP contribution < -0.4 is 8.92 Å². The minimum atomic E-state index is 0.331. The van der Waals surface area contributed by atoms with Crippen LogP contribution >= 0.6 is 0 Å². The van der Waals surface area contributed by atoms with Gasteiger partial charge in [-0.1, -0.05) is 0 Å². The maximum atomic E-state index is 4.27. The van der Waals surface area contributed by atoms with E-state index in [1.807, 2.05) is 41.2 Å². The molecule has 4 aromatic rings. The summed E-state index contributed by atoms with van der Waals surface area (Å²) >= 11 is 0.331. The number of benzene rings is 3. The van der Waals surface area contributed by atoms with Crippen LogP contribution in [0.4, 0.5) is 0 Å². The Labute approximate surface area is 147 Å². The molecular formula is C20H15N3Se. The Morgan fingerprint density at radius 3 is 2.00 bits per heavy atom. The summed E-state index contributed by atoms with van der Waals surface area (Å²) in [5.41, 5.74) is 2.98. The predicted octanol–water partition coefficient (Wildman–Crippen LogP) is 2.59. The van der Waals surface area contributed by atoms with Crippen molar-refractivity contribution in [3.8, 4) is 16.9 Å². The van der Waals surface area contributed by atoms with Gasteiger partial charge in [0.25, 0.3) is 0 Å². The van der Waals surface area contributed by atoms with Gasteiger partial charge in [-0.05, 0) is 0 Å². The quantitative estimate of drug-likeness (QED) is 0.513. The fourth-order valence-corrected chi connectivity index (χ4v) is 4.18. The molecule has 4 heteroatoms. The van der Waals surface area contributed by atoms with Crippen molar-refractivity contribution in [2.45, 2.75) is 0 Å². The Kier molecular flexibility index (Phi) is 4.24. The van der Waals surface area contributed by atoms with Crippen LogP contribution in [0, 0.1) is 0 Å². The number of aromatic nitrogens is 3. The second-order valence-corrected chi connectivity index (χ2v) is 7.73.